The minimum atomic E-state index is 0.177. The quantitative estimate of drug-likeness (QED) is 0.898. The van der Waals surface area contributed by atoms with E-state index in [1.807, 2.05) is 18.2 Å². The first kappa shape index (κ1) is 18.1. The summed E-state index contributed by atoms with van der Waals surface area (Å²) < 4.78 is 0. The molecule has 0 spiro atoms. The molecule has 2 heterocycles. The zero-order valence-corrected chi connectivity index (χ0v) is 15.9. The molecule has 3 rings (SSSR count). The molecule has 1 fully saturated rings. The van der Waals surface area contributed by atoms with Crippen LogP contribution in [0.3, 0.4) is 0 Å². The zero-order chi connectivity index (χ0) is 18.0. The molecule has 1 aromatic heterocycles. The van der Waals surface area contributed by atoms with Crippen LogP contribution in [0.2, 0.25) is 0 Å². The highest BCUT2D eigenvalue weighted by molar-refractivity contribution is 5.55. The van der Waals surface area contributed by atoms with E-state index in [0.29, 0.717) is 6.54 Å². The van der Waals surface area contributed by atoms with Crippen LogP contribution >= 0.6 is 0 Å². The molecular weight excluding hydrogens is 310 g/mol. The summed E-state index contributed by atoms with van der Waals surface area (Å²) in [6.45, 7) is 13.8. The Hall–Kier alpha value is -1.69. The maximum Gasteiger partial charge on any atom is 0.137 e. The molecule has 1 aliphatic rings. The Morgan fingerprint density at radius 3 is 2.32 bits per heavy atom. The van der Waals surface area contributed by atoms with Gasteiger partial charge in [-0.2, -0.15) is 0 Å². The predicted molar refractivity (Wildman–Crippen MR) is 103 cm³/mol. The summed E-state index contributed by atoms with van der Waals surface area (Å²) in [6, 6.07) is 10.5. The van der Waals surface area contributed by atoms with Crippen LogP contribution in [-0.2, 0) is 0 Å². The van der Waals surface area contributed by atoms with Gasteiger partial charge < -0.3 is 10.7 Å². The van der Waals surface area contributed by atoms with Crippen molar-refractivity contribution in [1.29, 1.82) is 0 Å². The molecule has 1 aromatic carbocycles. The number of nitrogens with two attached hydrogens (primary N) is 1. The first-order chi connectivity index (χ1) is 11.9. The summed E-state index contributed by atoms with van der Waals surface area (Å²) in [7, 11) is 0. The number of piperazine rings is 1. The van der Waals surface area contributed by atoms with Gasteiger partial charge in [0.2, 0.25) is 0 Å². The van der Waals surface area contributed by atoms with E-state index in [9.17, 15) is 0 Å². The highest BCUT2D eigenvalue weighted by Crippen LogP contribution is 2.27. The summed E-state index contributed by atoms with van der Waals surface area (Å²) in [6.07, 6.45) is 0. The van der Waals surface area contributed by atoms with E-state index < -0.39 is 0 Å². The van der Waals surface area contributed by atoms with Crippen LogP contribution in [0.5, 0.6) is 0 Å². The van der Waals surface area contributed by atoms with Crippen molar-refractivity contribution in [2.45, 2.75) is 39.3 Å². The van der Waals surface area contributed by atoms with Gasteiger partial charge in [0, 0.05) is 49.5 Å². The standard InChI is InChI=1S/C20H31N5/c1-15-18(23-19(22-15)16-8-6-5-7-9-16)17(14-21)24-10-12-25(13-11-24)20(2,3)4/h5-9,17H,10-14,21H2,1-4H3,(H,22,23). The third-order valence-corrected chi connectivity index (χ3v) is 5.21. The number of aromatic nitrogens is 2. The van der Waals surface area contributed by atoms with Gasteiger partial charge in [0.25, 0.3) is 0 Å². The van der Waals surface area contributed by atoms with Crippen molar-refractivity contribution < 1.29 is 0 Å². The van der Waals surface area contributed by atoms with Crippen LogP contribution in [-0.4, -0.2) is 58.0 Å². The Balaban J connectivity index is 1.77. The van der Waals surface area contributed by atoms with Crippen molar-refractivity contribution >= 4 is 0 Å². The fraction of sp³-hybridized carbons (Fsp3) is 0.550. The summed E-state index contributed by atoms with van der Waals surface area (Å²) in [5, 5.41) is 0. The third kappa shape index (κ3) is 3.94. The van der Waals surface area contributed by atoms with Gasteiger partial charge in [0.1, 0.15) is 5.82 Å². The highest BCUT2D eigenvalue weighted by Gasteiger charge is 2.30. The number of benzene rings is 1. The van der Waals surface area contributed by atoms with Gasteiger partial charge in [-0.25, -0.2) is 4.98 Å². The molecule has 0 radical (unpaired) electrons. The third-order valence-electron chi connectivity index (χ3n) is 5.21. The number of rotatable bonds is 4. The minimum Gasteiger partial charge on any atom is -0.342 e. The lowest BCUT2D eigenvalue weighted by molar-refractivity contribution is 0.0424. The number of aromatic amines is 1. The summed E-state index contributed by atoms with van der Waals surface area (Å²) in [5.74, 6) is 0.930. The van der Waals surface area contributed by atoms with Crippen molar-refractivity contribution in [3.05, 3.63) is 41.7 Å². The topological polar surface area (TPSA) is 61.2 Å². The second kappa shape index (κ2) is 7.28. The van der Waals surface area contributed by atoms with E-state index in [0.717, 1.165) is 49.0 Å². The molecule has 2 aromatic rings. The smallest absolute Gasteiger partial charge is 0.137 e. The summed E-state index contributed by atoms with van der Waals surface area (Å²) in [4.78, 5) is 13.4. The van der Waals surface area contributed by atoms with Gasteiger partial charge >= 0.3 is 0 Å². The number of nitrogens with zero attached hydrogens (tertiary/aromatic N) is 3. The van der Waals surface area contributed by atoms with Crippen molar-refractivity contribution in [1.82, 2.24) is 19.8 Å². The van der Waals surface area contributed by atoms with E-state index in [-0.39, 0.29) is 11.6 Å². The molecule has 3 N–H and O–H groups in total. The molecule has 5 nitrogen and oxygen atoms in total. The van der Waals surface area contributed by atoms with Gasteiger partial charge in [0.05, 0.1) is 11.7 Å². The number of imidazole rings is 1. The molecule has 1 aliphatic heterocycles. The Morgan fingerprint density at radius 2 is 1.76 bits per heavy atom. The molecule has 0 amide bonds. The second-order valence-corrected chi connectivity index (χ2v) is 7.91. The number of hydrogen-bond donors (Lipinski definition) is 2. The highest BCUT2D eigenvalue weighted by atomic mass is 15.3. The molecule has 5 heteroatoms. The van der Waals surface area contributed by atoms with Gasteiger partial charge in [0.15, 0.2) is 0 Å². The predicted octanol–water partition coefficient (Wildman–Crippen LogP) is 2.80. The molecule has 0 bridgehead atoms. The van der Waals surface area contributed by atoms with Crippen LogP contribution in [0.1, 0.15) is 38.2 Å². The van der Waals surface area contributed by atoms with Gasteiger partial charge in [-0.15, -0.1) is 0 Å². The lowest BCUT2D eigenvalue weighted by atomic mass is 10.0. The van der Waals surface area contributed by atoms with E-state index in [4.69, 9.17) is 10.7 Å². The van der Waals surface area contributed by atoms with Crippen molar-refractivity contribution in [2.24, 2.45) is 5.73 Å². The molecule has 1 saturated heterocycles. The van der Waals surface area contributed by atoms with Gasteiger partial charge in [-0.3, -0.25) is 9.80 Å². The van der Waals surface area contributed by atoms with Crippen LogP contribution in [0.25, 0.3) is 11.4 Å². The average molecular weight is 342 g/mol. The maximum absolute atomic E-state index is 6.16. The Bertz CT molecular complexity index is 678. The normalized spacial score (nSPS) is 18.4. The number of aryl methyl sites for hydroxylation is 1. The lowest BCUT2D eigenvalue weighted by Crippen LogP contribution is -2.54. The van der Waals surface area contributed by atoms with Crippen LogP contribution in [0.4, 0.5) is 0 Å². The number of hydrogen-bond acceptors (Lipinski definition) is 4. The Morgan fingerprint density at radius 1 is 1.12 bits per heavy atom. The second-order valence-electron chi connectivity index (χ2n) is 7.91. The zero-order valence-electron chi connectivity index (χ0n) is 15.9. The summed E-state index contributed by atoms with van der Waals surface area (Å²) in [5.41, 5.74) is 9.72. The van der Waals surface area contributed by atoms with E-state index >= 15 is 0 Å². The average Bonchev–Trinajstić information content (AvgIpc) is 2.98. The fourth-order valence-corrected chi connectivity index (χ4v) is 3.67. The van der Waals surface area contributed by atoms with Crippen molar-refractivity contribution in [3.8, 4) is 11.4 Å². The van der Waals surface area contributed by atoms with Crippen LogP contribution in [0, 0.1) is 6.92 Å². The lowest BCUT2D eigenvalue weighted by Gasteiger charge is -2.44. The molecule has 136 valence electrons. The summed E-state index contributed by atoms with van der Waals surface area (Å²) >= 11 is 0. The van der Waals surface area contributed by atoms with Gasteiger partial charge in [-0.1, -0.05) is 30.3 Å². The van der Waals surface area contributed by atoms with Gasteiger partial charge in [-0.05, 0) is 27.7 Å². The molecule has 1 unspecified atom stereocenters. The van der Waals surface area contributed by atoms with E-state index in [2.05, 4.69) is 54.6 Å². The van der Waals surface area contributed by atoms with Crippen molar-refractivity contribution in [3.63, 3.8) is 0 Å². The number of nitrogens with one attached hydrogen (secondary N) is 1. The number of H-pyrrole nitrogens is 1. The molecule has 1 atom stereocenters. The fourth-order valence-electron chi connectivity index (χ4n) is 3.67. The Kier molecular flexibility index (Phi) is 5.27. The Labute approximate surface area is 151 Å². The van der Waals surface area contributed by atoms with Crippen LogP contribution < -0.4 is 5.73 Å². The SMILES string of the molecule is Cc1[nH]c(-c2ccccc2)nc1C(CN)N1CCN(C(C)(C)C)CC1. The molecule has 25 heavy (non-hydrogen) atoms. The minimum absolute atomic E-state index is 0.177. The first-order valence-corrected chi connectivity index (χ1v) is 9.21. The molecular formula is C20H31N5. The first-order valence-electron chi connectivity index (χ1n) is 9.21. The largest absolute Gasteiger partial charge is 0.342 e. The molecule has 0 saturated carbocycles. The molecule has 0 aliphatic carbocycles. The maximum atomic E-state index is 6.16. The van der Waals surface area contributed by atoms with E-state index in [1.165, 1.54) is 0 Å². The van der Waals surface area contributed by atoms with Crippen molar-refractivity contribution in [2.75, 3.05) is 32.7 Å². The van der Waals surface area contributed by atoms with E-state index in [1.54, 1.807) is 0 Å². The monoisotopic (exact) mass is 341 g/mol. The van der Waals surface area contributed by atoms with Crippen LogP contribution in [0.15, 0.2) is 30.3 Å².